The van der Waals surface area contributed by atoms with Crippen LogP contribution in [0, 0.1) is 0 Å². The van der Waals surface area contributed by atoms with E-state index in [4.69, 9.17) is 9.84 Å². The molecule has 122 valence electrons. The Bertz CT molecular complexity index is 493. The summed E-state index contributed by atoms with van der Waals surface area (Å²) in [5.41, 5.74) is 1.67. The molecule has 0 bridgehead atoms. The van der Waals surface area contributed by atoms with Crippen molar-refractivity contribution in [2.45, 2.75) is 38.5 Å². The maximum absolute atomic E-state index is 12.0. The van der Waals surface area contributed by atoms with Crippen LogP contribution in [-0.2, 0) is 20.1 Å². The molecule has 22 heavy (non-hydrogen) atoms. The minimum absolute atomic E-state index is 0.0683. The molecule has 1 atom stereocenters. The molecule has 0 aliphatic carbocycles. The van der Waals surface area contributed by atoms with Gasteiger partial charge in [-0.05, 0) is 31.0 Å². The quantitative estimate of drug-likeness (QED) is 0.646. The van der Waals surface area contributed by atoms with E-state index in [0.717, 1.165) is 18.4 Å². The first-order valence-corrected chi connectivity index (χ1v) is 8.49. The van der Waals surface area contributed by atoms with Gasteiger partial charge in [-0.15, -0.1) is 11.8 Å². The highest BCUT2D eigenvalue weighted by Crippen LogP contribution is 2.17. The van der Waals surface area contributed by atoms with Crippen LogP contribution in [0.1, 0.15) is 32.3 Å². The van der Waals surface area contributed by atoms with Crippen molar-refractivity contribution in [1.29, 1.82) is 0 Å². The Balaban J connectivity index is 2.47. The zero-order valence-electron chi connectivity index (χ0n) is 13.0. The van der Waals surface area contributed by atoms with Crippen LogP contribution in [-0.4, -0.2) is 35.4 Å². The van der Waals surface area contributed by atoms with E-state index >= 15 is 0 Å². The van der Waals surface area contributed by atoms with Crippen LogP contribution in [0.3, 0.4) is 0 Å². The fourth-order valence-electron chi connectivity index (χ4n) is 1.72. The Morgan fingerprint density at radius 2 is 2.18 bits per heavy atom. The molecule has 1 amide bonds. The van der Waals surface area contributed by atoms with Crippen molar-refractivity contribution in [2.24, 2.45) is 0 Å². The third-order valence-electron chi connectivity index (χ3n) is 2.92. The largest absolute Gasteiger partial charge is 0.481 e. The van der Waals surface area contributed by atoms with Crippen molar-refractivity contribution >= 4 is 29.3 Å². The highest BCUT2D eigenvalue weighted by atomic mass is 32.2. The zero-order valence-corrected chi connectivity index (χ0v) is 13.8. The van der Waals surface area contributed by atoms with Gasteiger partial charge in [0.05, 0.1) is 5.75 Å². The fourth-order valence-corrected chi connectivity index (χ4v) is 2.41. The summed E-state index contributed by atoms with van der Waals surface area (Å²) < 4.78 is 5.46. The summed E-state index contributed by atoms with van der Waals surface area (Å²) in [6.45, 7) is 4.39. The van der Waals surface area contributed by atoms with E-state index in [-0.39, 0.29) is 11.7 Å². The number of ether oxygens (including phenoxy) is 1. The van der Waals surface area contributed by atoms with Gasteiger partial charge < -0.3 is 15.2 Å². The first-order valence-electron chi connectivity index (χ1n) is 7.34. The van der Waals surface area contributed by atoms with E-state index in [9.17, 15) is 9.59 Å². The predicted molar refractivity (Wildman–Crippen MR) is 89.2 cm³/mol. The molecule has 0 spiro atoms. The molecule has 5 nitrogen and oxygen atoms in total. The van der Waals surface area contributed by atoms with E-state index in [1.54, 1.807) is 6.92 Å². The van der Waals surface area contributed by atoms with E-state index in [2.05, 4.69) is 12.2 Å². The van der Waals surface area contributed by atoms with Gasteiger partial charge in [0.1, 0.15) is 6.10 Å². The SMILES string of the molecule is CCCCOC(C)C(=O)Nc1cccc(CSCC(=O)O)c1. The summed E-state index contributed by atoms with van der Waals surface area (Å²) in [7, 11) is 0. The van der Waals surface area contributed by atoms with Gasteiger partial charge in [0, 0.05) is 18.0 Å². The second kappa shape index (κ2) is 10.2. The molecule has 1 aromatic rings. The average molecular weight is 325 g/mol. The van der Waals surface area contributed by atoms with Crippen molar-refractivity contribution in [3.63, 3.8) is 0 Å². The topological polar surface area (TPSA) is 75.6 Å². The summed E-state index contributed by atoms with van der Waals surface area (Å²) in [6, 6.07) is 7.41. The summed E-state index contributed by atoms with van der Waals surface area (Å²) >= 11 is 1.32. The first kappa shape index (κ1) is 18.5. The molecule has 0 fully saturated rings. The van der Waals surface area contributed by atoms with Crippen LogP contribution in [0.4, 0.5) is 5.69 Å². The molecule has 0 radical (unpaired) electrons. The molecule has 0 heterocycles. The minimum Gasteiger partial charge on any atom is -0.481 e. The van der Waals surface area contributed by atoms with E-state index in [0.29, 0.717) is 18.0 Å². The molecule has 2 N–H and O–H groups in total. The number of benzene rings is 1. The van der Waals surface area contributed by atoms with Gasteiger partial charge in [-0.25, -0.2) is 0 Å². The van der Waals surface area contributed by atoms with Gasteiger partial charge in [-0.3, -0.25) is 9.59 Å². The summed E-state index contributed by atoms with van der Waals surface area (Å²) in [6.07, 6.45) is 1.48. The Labute approximate surface area is 135 Å². The number of carboxylic acid groups (broad SMARTS) is 1. The van der Waals surface area contributed by atoms with Gasteiger partial charge in [0.2, 0.25) is 0 Å². The van der Waals surface area contributed by atoms with E-state index in [1.165, 1.54) is 11.8 Å². The van der Waals surface area contributed by atoms with Gasteiger partial charge in [-0.2, -0.15) is 0 Å². The lowest BCUT2D eigenvalue weighted by Crippen LogP contribution is -2.28. The number of carboxylic acids is 1. The van der Waals surface area contributed by atoms with Gasteiger partial charge in [0.15, 0.2) is 0 Å². The van der Waals surface area contributed by atoms with Crippen molar-refractivity contribution < 1.29 is 19.4 Å². The van der Waals surface area contributed by atoms with Gasteiger partial charge in [-0.1, -0.05) is 25.5 Å². The Hall–Kier alpha value is -1.53. The number of thioether (sulfide) groups is 1. The number of amides is 1. The van der Waals surface area contributed by atoms with E-state index in [1.807, 2.05) is 24.3 Å². The van der Waals surface area contributed by atoms with Crippen molar-refractivity contribution in [3.8, 4) is 0 Å². The molecular weight excluding hydrogens is 302 g/mol. The van der Waals surface area contributed by atoms with Gasteiger partial charge >= 0.3 is 5.97 Å². The molecule has 0 saturated heterocycles. The summed E-state index contributed by atoms with van der Waals surface area (Å²) in [5.74, 6) is -0.337. The third kappa shape index (κ3) is 7.47. The Morgan fingerprint density at radius 1 is 1.41 bits per heavy atom. The fraction of sp³-hybridized carbons (Fsp3) is 0.500. The predicted octanol–water partition coefficient (Wildman–Crippen LogP) is 3.15. The molecule has 1 aromatic carbocycles. The lowest BCUT2D eigenvalue weighted by molar-refractivity contribution is -0.134. The maximum Gasteiger partial charge on any atom is 0.313 e. The number of hydrogen-bond donors (Lipinski definition) is 2. The standard InChI is InChI=1S/C16H23NO4S/c1-3-4-8-21-12(2)16(20)17-14-7-5-6-13(9-14)10-22-11-15(18)19/h5-7,9,12H,3-4,8,10-11H2,1-2H3,(H,17,20)(H,18,19). The molecule has 0 aliphatic heterocycles. The molecule has 1 rings (SSSR count). The molecule has 1 unspecified atom stereocenters. The number of aliphatic carboxylic acids is 1. The zero-order chi connectivity index (χ0) is 16.4. The second-order valence-electron chi connectivity index (χ2n) is 4.94. The molecule has 0 aliphatic rings. The number of unbranched alkanes of at least 4 members (excludes halogenated alkanes) is 1. The molecular formula is C16H23NO4S. The number of rotatable bonds is 10. The lowest BCUT2D eigenvalue weighted by atomic mass is 10.2. The summed E-state index contributed by atoms with van der Waals surface area (Å²) in [4.78, 5) is 22.5. The number of carbonyl (C=O) groups is 2. The lowest BCUT2D eigenvalue weighted by Gasteiger charge is -2.13. The maximum atomic E-state index is 12.0. The van der Waals surface area contributed by atoms with Crippen molar-refractivity contribution in [2.75, 3.05) is 17.7 Å². The summed E-state index contributed by atoms with van der Waals surface area (Å²) in [5, 5.41) is 11.4. The van der Waals surface area contributed by atoms with Crippen molar-refractivity contribution in [1.82, 2.24) is 0 Å². The van der Waals surface area contributed by atoms with E-state index < -0.39 is 12.1 Å². The Morgan fingerprint density at radius 3 is 2.86 bits per heavy atom. The van der Waals surface area contributed by atoms with Crippen LogP contribution in [0.2, 0.25) is 0 Å². The highest BCUT2D eigenvalue weighted by Gasteiger charge is 2.13. The number of carbonyl (C=O) groups excluding carboxylic acids is 1. The minimum atomic E-state index is -0.826. The average Bonchev–Trinajstić information content (AvgIpc) is 2.47. The monoisotopic (exact) mass is 325 g/mol. The van der Waals surface area contributed by atoms with Crippen LogP contribution in [0.5, 0.6) is 0 Å². The molecule has 0 aromatic heterocycles. The van der Waals surface area contributed by atoms with Crippen molar-refractivity contribution in [3.05, 3.63) is 29.8 Å². The second-order valence-corrected chi connectivity index (χ2v) is 5.93. The van der Waals surface area contributed by atoms with Gasteiger partial charge in [0.25, 0.3) is 5.91 Å². The van der Waals surface area contributed by atoms with Crippen LogP contribution in [0.15, 0.2) is 24.3 Å². The third-order valence-corrected chi connectivity index (χ3v) is 3.91. The van der Waals surface area contributed by atoms with Crippen LogP contribution < -0.4 is 5.32 Å². The van der Waals surface area contributed by atoms with Crippen LogP contribution in [0.25, 0.3) is 0 Å². The van der Waals surface area contributed by atoms with Crippen LogP contribution >= 0.6 is 11.8 Å². The number of nitrogens with one attached hydrogen (secondary N) is 1. The Kier molecular flexibility index (Phi) is 8.62. The highest BCUT2D eigenvalue weighted by molar-refractivity contribution is 7.99. The normalized spacial score (nSPS) is 11.9. The molecule has 0 saturated carbocycles. The number of hydrogen-bond acceptors (Lipinski definition) is 4. The number of anilines is 1. The molecule has 6 heteroatoms. The smallest absolute Gasteiger partial charge is 0.313 e. The first-order chi connectivity index (χ1) is 10.5.